The standard InChI is InChI=1S/C22H36N4O4S2/c1-14(2)18(25-20(27)17(23)13-31)12-24-15(3)21(28)26(16-8-6-5-7-9-16)19(22(29)30)10-11-32-4/h5-9,14-15,17-19,24,31H,10-13,23H2,1-4H3,(H,25,27)(H,29,30)/t15-,17-,18+,19-/m0/s1. The smallest absolute Gasteiger partial charge is 0.326 e. The van der Waals surface area contributed by atoms with Crippen molar-refractivity contribution in [1.82, 2.24) is 10.6 Å². The molecule has 0 aliphatic carbocycles. The number of para-hydroxylation sites is 1. The van der Waals surface area contributed by atoms with Crippen molar-refractivity contribution in [1.29, 1.82) is 0 Å². The molecule has 1 aromatic carbocycles. The number of nitrogens with one attached hydrogen (secondary N) is 2. The molecule has 0 aliphatic heterocycles. The summed E-state index contributed by atoms with van der Waals surface area (Å²) in [4.78, 5) is 38.9. The van der Waals surface area contributed by atoms with Crippen molar-refractivity contribution in [3.05, 3.63) is 30.3 Å². The highest BCUT2D eigenvalue weighted by molar-refractivity contribution is 7.98. The quantitative estimate of drug-likeness (QED) is 0.254. The van der Waals surface area contributed by atoms with E-state index in [0.717, 1.165) is 0 Å². The van der Waals surface area contributed by atoms with Gasteiger partial charge in [0.05, 0.1) is 12.1 Å². The lowest BCUT2D eigenvalue weighted by Crippen LogP contribution is -2.56. The zero-order chi connectivity index (χ0) is 24.3. The first-order chi connectivity index (χ1) is 15.1. The van der Waals surface area contributed by atoms with E-state index in [1.807, 2.05) is 26.2 Å². The van der Waals surface area contributed by atoms with Gasteiger partial charge in [-0.25, -0.2) is 4.79 Å². The number of carbonyl (C=O) groups excluding carboxylic acids is 2. The highest BCUT2D eigenvalue weighted by Gasteiger charge is 2.33. The maximum Gasteiger partial charge on any atom is 0.326 e. The molecule has 1 rings (SSSR count). The molecule has 0 aromatic heterocycles. The number of anilines is 1. The van der Waals surface area contributed by atoms with E-state index in [4.69, 9.17) is 5.73 Å². The molecule has 32 heavy (non-hydrogen) atoms. The van der Waals surface area contributed by atoms with Gasteiger partial charge in [0.15, 0.2) is 0 Å². The van der Waals surface area contributed by atoms with Gasteiger partial charge in [0, 0.05) is 24.0 Å². The molecule has 0 unspecified atom stereocenters. The summed E-state index contributed by atoms with van der Waals surface area (Å²) < 4.78 is 0. The Bertz CT molecular complexity index is 736. The fraction of sp³-hybridized carbons (Fsp3) is 0.591. The van der Waals surface area contributed by atoms with Crippen LogP contribution in [0.3, 0.4) is 0 Å². The first-order valence-corrected chi connectivity index (χ1v) is 12.7. The van der Waals surface area contributed by atoms with E-state index in [1.54, 1.807) is 31.2 Å². The van der Waals surface area contributed by atoms with E-state index in [0.29, 0.717) is 24.4 Å². The first-order valence-electron chi connectivity index (χ1n) is 10.6. The lowest BCUT2D eigenvalue weighted by atomic mass is 10.0. The Balaban J connectivity index is 3.01. The summed E-state index contributed by atoms with van der Waals surface area (Å²) in [7, 11) is 0. The number of carbonyl (C=O) groups is 3. The van der Waals surface area contributed by atoms with Crippen LogP contribution in [0.15, 0.2) is 30.3 Å². The van der Waals surface area contributed by atoms with Crippen molar-refractivity contribution < 1.29 is 19.5 Å². The van der Waals surface area contributed by atoms with Gasteiger partial charge in [-0.1, -0.05) is 32.0 Å². The summed E-state index contributed by atoms with van der Waals surface area (Å²) in [5, 5.41) is 15.9. The lowest BCUT2D eigenvalue weighted by Gasteiger charge is -2.32. The number of nitrogens with zero attached hydrogens (tertiary/aromatic N) is 1. The topological polar surface area (TPSA) is 125 Å². The molecule has 4 atom stereocenters. The number of benzene rings is 1. The number of nitrogens with two attached hydrogens (primary N) is 1. The van der Waals surface area contributed by atoms with Gasteiger partial charge in [0.1, 0.15) is 6.04 Å². The molecule has 0 aliphatic rings. The molecule has 5 N–H and O–H groups in total. The molecule has 2 amide bonds. The molecule has 0 bridgehead atoms. The second kappa shape index (κ2) is 14.4. The number of carboxylic acid groups (broad SMARTS) is 1. The van der Waals surface area contributed by atoms with Crippen LogP contribution in [0.1, 0.15) is 27.2 Å². The van der Waals surface area contributed by atoms with E-state index in [9.17, 15) is 19.5 Å². The molecule has 10 heteroatoms. The first kappa shape index (κ1) is 28.3. The average molecular weight is 485 g/mol. The number of hydrogen-bond acceptors (Lipinski definition) is 7. The molecule has 0 spiro atoms. The molecular formula is C22H36N4O4S2. The number of carboxylic acids is 1. The van der Waals surface area contributed by atoms with Gasteiger partial charge in [-0.2, -0.15) is 24.4 Å². The largest absolute Gasteiger partial charge is 0.480 e. The fourth-order valence-electron chi connectivity index (χ4n) is 3.07. The zero-order valence-corrected chi connectivity index (χ0v) is 20.9. The number of hydrogen-bond donors (Lipinski definition) is 5. The van der Waals surface area contributed by atoms with E-state index in [2.05, 4.69) is 23.3 Å². The Hall–Kier alpha value is -1.75. The van der Waals surface area contributed by atoms with Gasteiger partial charge in [-0.3, -0.25) is 14.5 Å². The number of thioether (sulfide) groups is 1. The van der Waals surface area contributed by atoms with Crippen LogP contribution in [0.4, 0.5) is 5.69 Å². The third-order valence-electron chi connectivity index (χ3n) is 5.14. The van der Waals surface area contributed by atoms with Crippen molar-refractivity contribution in [2.24, 2.45) is 11.7 Å². The minimum Gasteiger partial charge on any atom is -0.480 e. The maximum atomic E-state index is 13.4. The van der Waals surface area contributed by atoms with E-state index >= 15 is 0 Å². The van der Waals surface area contributed by atoms with Crippen LogP contribution in [0.25, 0.3) is 0 Å². The Kier molecular flexibility index (Phi) is 12.7. The SMILES string of the molecule is CSCC[C@@H](C(=O)O)N(C(=O)[C@H](C)NC[C@@H](NC(=O)[C@@H](N)CS)C(C)C)c1ccccc1. The van der Waals surface area contributed by atoms with Crippen LogP contribution >= 0.6 is 24.4 Å². The van der Waals surface area contributed by atoms with Crippen molar-refractivity contribution in [3.63, 3.8) is 0 Å². The molecule has 0 saturated heterocycles. The predicted octanol–water partition coefficient (Wildman–Crippen LogP) is 1.60. The summed E-state index contributed by atoms with van der Waals surface area (Å²) in [6.07, 6.45) is 2.23. The van der Waals surface area contributed by atoms with Crippen LogP contribution in [0.2, 0.25) is 0 Å². The Labute approximate surface area is 200 Å². The summed E-state index contributed by atoms with van der Waals surface area (Å²) in [5.41, 5.74) is 6.28. The van der Waals surface area contributed by atoms with Crippen molar-refractivity contribution in [2.75, 3.05) is 29.2 Å². The van der Waals surface area contributed by atoms with Crippen LogP contribution in [-0.2, 0) is 14.4 Å². The predicted molar refractivity (Wildman–Crippen MR) is 134 cm³/mol. The van der Waals surface area contributed by atoms with E-state index < -0.39 is 24.1 Å². The van der Waals surface area contributed by atoms with Crippen molar-refractivity contribution in [2.45, 2.75) is 51.4 Å². The monoisotopic (exact) mass is 484 g/mol. The lowest BCUT2D eigenvalue weighted by molar-refractivity contribution is -0.140. The molecule has 180 valence electrons. The molecule has 1 aromatic rings. The summed E-state index contributed by atoms with van der Waals surface area (Å²) in [6.45, 7) is 5.96. The highest BCUT2D eigenvalue weighted by atomic mass is 32.2. The Morgan fingerprint density at radius 1 is 1.19 bits per heavy atom. The van der Waals surface area contributed by atoms with Crippen molar-refractivity contribution >= 4 is 47.9 Å². The second-order valence-corrected chi connectivity index (χ2v) is 9.31. The van der Waals surface area contributed by atoms with Crippen LogP contribution in [0, 0.1) is 5.92 Å². The minimum absolute atomic E-state index is 0.0967. The van der Waals surface area contributed by atoms with Gasteiger partial charge >= 0.3 is 5.97 Å². The van der Waals surface area contributed by atoms with Gasteiger partial charge in [-0.15, -0.1) is 0 Å². The maximum absolute atomic E-state index is 13.4. The minimum atomic E-state index is -1.04. The molecule has 0 fully saturated rings. The summed E-state index contributed by atoms with van der Waals surface area (Å²) in [6, 6.07) is 6.23. The number of thiol groups is 1. The molecule has 0 heterocycles. The number of rotatable bonds is 14. The number of amides is 2. The molecule has 0 saturated carbocycles. The third kappa shape index (κ3) is 8.65. The van der Waals surface area contributed by atoms with Crippen LogP contribution in [-0.4, -0.2) is 71.4 Å². The summed E-state index contributed by atoms with van der Waals surface area (Å²) >= 11 is 5.59. The Morgan fingerprint density at radius 2 is 1.81 bits per heavy atom. The van der Waals surface area contributed by atoms with E-state index in [1.165, 1.54) is 16.7 Å². The number of aliphatic carboxylic acids is 1. The van der Waals surface area contributed by atoms with Gasteiger partial charge < -0.3 is 21.5 Å². The fourth-order valence-corrected chi connectivity index (χ4v) is 3.69. The third-order valence-corrected chi connectivity index (χ3v) is 6.18. The van der Waals surface area contributed by atoms with Gasteiger partial charge in [0.25, 0.3) is 0 Å². The molecular weight excluding hydrogens is 448 g/mol. The highest BCUT2D eigenvalue weighted by Crippen LogP contribution is 2.21. The van der Waals surface area contributed by atoms with Crippen LogP contribution in [0.5, 0.6) is 0 Å². The normalized spacial score (nSPS) is 15.0. The van der Waals surface area contributed by atoms with Crippen LogP contribution < -0.4 is 21.3 Å². The van der Waals surface area contributed by atoms with Crippen molar-refractivity contribution in [3.8, 4) is 0 Å². The van der Waals surface area contributed by atoms with E-state index in [-0.39, 0.29) is 29.5 Å². The average Bonchev–Trinajstić information content (AvgIpc) is 2.77. The Morgan fingerprint density at radius 3 is 2.31 bits per heavy atom. The molecule has 8 nitrogen and oxygen atoms in total. The van der Waals surface area contributed by atoms with Gasteiger partial charge in [0.2, 0.25) is 11.8 Å². The zero-order valence-electron chi connectivity index (χ0n) is 19.2. The van der Waals surface area contributed by atoms with Gasteiger partial charge in [-0.05, 0) is 43.4 Å². The molecule has 0 radical (unpaired) electrons. The second-order valence-electron chi connectivity index (χ2n) is 7.96. The summed E-state index contributed by atoms with van der Waals surface area (Å²) in [5.74, 6) is -0.741.